The molecule has 1 unspecified atom stereocenters. The summed E-state index contributed by atoms with van der Waals surface area (Å²) in [7, 11) is 3.25. The van der Waals surface area contributed by atoms with Crippen LogP contribution in [-0.4, -0.2) is 38.2 Å². The average Bonchev–Trinajstić information content (AvgIpc) is 3.21. The first-order valence-corrected chi connectivity index (χ1v) is 10.2. The van der Waals surface area contributed by atoms with E-state index in [4.69, 9.17) is 14.2 Å². The third kappa shape index (κ3) is 4.66. The lowest BCUT2D eigenvalue weighted by molar-refractivity contribution is -0.134. The predicted octanol–water partition coefficient (Wildman–Crippen LogP) is 4.88. The fraction of sp³-hybridized carbons (Fsp3) is 0.458. The minimum absolute atomic E-state index is 0.0125. The number of ether oxygens (including phenoxy) is 3. The number of benzene rings is 2. The number of rotatable bonds is 7. The zero-order valence-corrected chi connectivity index (χ0v) is 18.0. The highest BCUT2D eigenvalue weighted by Crippen LogP contribution is 2.37. The molecule has 5 heteroatoms. The molecule has 0 radical (unpaired) electrons. The number of carbonyl (C=O) groups excluding carboxylic acids is 1. The summed E-state index contributed by atoms with van der Waals surface area (Å²) >= 11 is 0. The van der Waals surface area contributed by atoms with Gasteiger partial charge in [-0.15, -0.1) is 0 Å². The van der Waals surface area contributed by atoms with Crippen molar-refractivity contribution >= 4 is 5.91 Å². The van der Waals surface area contributed by atoms with Crippen LogP contribution in [0.1, 0.15) is 55.3 Å². The lowest BCUT2D eigenvalue weighted by Gasteiger charge is -2.26. The Balaban J connectivity index is 1.74. The Morgan fingerprint density at radius 2 is 1.83 bits per heavy atom. The monoisotopic (exact) mass is 397 g/mol. The summed E-state index contributed by atoms with van der Waals surface area (Å²) in [5.74, 6) is 2.53. The van der Waals surface area contributed by atoms with E-state index in [1.165, 1.54) is 0 Å². The second-order valence-corrected chi connectivity index (χ2v) is 7.84. The maximum atomic E-state index is 13.0. The molecule has 1 aliphatic rings. The van der Waals surface area contributed by atoms with Crippen LogP contribution in [0.3, 0.4) is 0 Å². The van der Waals surface area contributed by atoms with Crippen molar-refractivity contribution in [3.05, 3.63) is 53.1 Å². The van der Waals surface area contributed by atoms with E-state index < -0.39 is 0 Å². The van der Waals surface area contributed by atoms with Crippen LogP contribution in [0.5, 0.6) is 17.2 Å². The lowest BCUT2D eigenvalue weighted by Crippen LogP contribution is -2.34. The quantitative estimate of drug-likeness (QED) is 0.668. The van der Waals surface area contributed by atoms with Crippen LogP contribution in [0.2, 0.25) is 0 Å². The second kappa shape index (κ2) is 9.21. The normalized spacial score (nSPS) is 16.2. The summed E-state index contributed by atoms with van der Waals surface area (Å²) in [4.78, 5) is 14.9. The van der Waals surface area contributed by atoms with Crippen molar-refractivity contribution in [1.29, 1.82) is 0 Å². The van der Waals surface area contributed by atoms with Crippen LogP contribution in [0.15, 0.2) is 36.4 Å². The average molecular weight is 398 g/mol. The van der Waals surface area contributed by atoms with Crippen molar-refractivity contribution < 1.29 is 19.0 Å². The second-order valence-electron chi connectivity index (χ2n) is 7.84. The van der Waals surface area contributed by atoms with Gasteiger partial charge in [0.2, 0.25) is 0 Å². The number of nitrogens with zero attached hydrogens (tertiary/aromatic N) is 1. The summed E-state index contributed by atoms with van der Waals surface area (Å²) in [6.07, 6.45) is 1.91. The number of amides is 1. The van der Waals surface area contributed by atoms with Gasteiger partial charge in [0.1, 0.15) is 5.75 Å². The molecule has 156 valence electrons. The minimum atomic E-state index is 0.0125. The van der Waals surface area contributed by atoms with Gasteiger partial charge in [0.15, 0.2) is 18.1 Å². The molecule has 0 N–H and O–H groups in total. The van der Waals surface area contributed by atoms with Gasteiger partial charge in [-0.1, -0.05) is 32.0 Å². The largest absolute Gasteiger partial charge is 0.493 e. The van der Waals surface area contributed by atoms with Gasteiger partial charge < -0.3 is 19.1 Å². The molecule has 2 aromatic carbocycles. The Bertz CT molecular complexity index is 862. The zero-order chi connectivity index (χ0) is 21.0. The smallest absolute Gasteiger partial charge is 0.261 e. The fourth-order valence-corrected chi connectivity index (χ4v) is 3.94. The number of methoxy groups -OCH3 is 2. The summed E-state index contributed by atoms with van der Waals surface area (Å²) < 4.78 is 16.7. The SMILES string of the molecule is COc1ccc(C2CCCN2C(=O)COc2cc(C)ccc2C(C)C)cc1OC. The van der Waals surface area contributed by atoms with Crippen molar-refractivity contribution in [2.24, 2.45) is 0 Å². The van der Waals surface area contributed by atoms with Crippen molar-refractivity contribution in [2.45, 2.75) is 45.6 Å². The number of likely N-dealkylation sites (tertiary alicyclic amines) is 1. The van der Waals surface area contributed by atoms with E-state index in [-0.39, 0.29) is 18.6 Å². The minimum Gasteiger partial charge on any atom is -0.493 e. The van der Waals surface area contributed by atoms with Gasteiger partial charge in [0, 0.05) is 6.54 Å². The molecular formula is C24H31NO4. The van der Waals surface area contributed by atoms with Crippen molar-refractivity contribution in [3.8, 4) is 17.2 Å². The van der Waals surface area contributed by atoms with Crippen LogP contribution in [-0.2, 0) is 4.79 Å². The molecule has 1 aliphatic heterocycles. The molecule has 0 aromatic heterocycles. The van der Waals surface area contributed by atoms with E-state index in [1.807, 2.05) is 36.1 Å². The molecular weight excluding hydrogens is 366 g/mol. The molecule has 0 bridgehead atoms. The third-order valence-electron chi connectivity index (χ3n) is 5.51. The highest BCUT2D eigenvalue weighted by molar-refractivity contribution is 5.78. The van der Waals surface area contributed by atoms with E-state index >= 15 is 0 Å². The third-order valence-corrected chi connectivity index (χ3v) is 5.51. The maximum Gasteiger partial charge on any atom is 0.261 e. The summed E-state index contributed by atoms with van der Waals surface area (Å²) in [5.41, 5.74) is 3.31. The topological polar surface area (TPSA) is 48.0 Å². The molecule has 1 saturated heterocycles. The number of carbonyl (C=O) groups is 1. The summed E-state index contributed by atoms with van der Waals surface area (Å²) in [5, 5.41) is 0. The molecule has 5 nitrogen and oxygen atoms in total. The fourth-order valence-electron chi connectivity index (χ4n) is 3.94. The van der Waals surface area contributed by atoms with Crippen LogP contribution < -0.4 is 14.2 Å². The van der Waals surface area contributed by atoms with Crippen molar-refractivity contribution in [2.75, 3.05) is 27.4 Å². The van der Waals surface area contributed by atoms with Crippen LogP contribution in [0, 0.1) is 6.92 Å². The molecule has 3 rings (SSSR count). The maximum absolute atomic E-state index is 13.0. The van der Waals surface area contributed by atoms with Crippen molar-refractivity contribution in [1.82, 2.24) is 4.90 Å². The van der Waals surface area contributed by atoms with Gasteiger partial charge in [-0.2, -0.15) is 0 Å². The van der Waals surface area contributed by atoms with E-state index in [9.17, 15) is 4.79 Å². The Morgan fingerprint density at radius 1 is 1.07 bits per heavy atom. The van der Waals surface area contributed by atoms with E-state index in [0.717, 1.165) is 41.8 Å². The summed E-state index contributed by atoms with van der Waals surface area (Å²) in [6, 6.07) is 12.1. The van der Waals surface area contributed by atoms with E-state index in [2.05, 4.69) is 26.0 Å². The van der Waals surface area contributed by atoms with E-state index in [1.54, 1.807) is 14.2 Å². The van der Waals surface area contributed by atoms with Crippen LogP contribution in [0.4, 0.5) is 0 Å². The Hall–Kier alpha value is -2.69. The molecule has 0 saturated carbocycles. The zero-order valence-electron chi connectivity index (χ0n) is 18.0. The number of hydrogen-bond acceptors (Lipinski definition) is 4. The first-order valence-electron chi connectivity index (χ1n) is 10.2. The Labute approximate surface area is 173 Å². The van der Waals surface area contributed by atoms with Crippen LogP contribution in [0.25, 0.3) is 0 Å². The standard InChI is InChI=1S/C24H31NO4/c1-16(2)19-10-8-17(3)13-22(19)29-15-24(26)25-12-6-7-20(25)18-9-11-21(27-4)23(14-18)28-5/h8-11,13-14,16,20H,6-7,12,15H2,1-5H3. The van der Waals surface area contributed by atoms with Gasteiger partial charge in [-0.05, 0) is 60.6 Å². The molecule has 1 atom stereocenters. The van der Waals surface area contributed by atoms with Crippen LogP contribution >= 0.6 is 0 Å². The Morgan fingerprint density at radius 3 is 2.52 bits per heavy atom. The van der Waals surface area contributed by atoms with Gasteiger partial charge in [-0.3, -0.25) is 4.79 Å². The van der Waals surface area contributed by atoms with Gasteiger partial charge in [0.05, 0.1) is 20.3 Å². The number of aryl methyl sites for hydroxylation is 1. The molecule has 1 heterocycles. The lowest BCUT2D eigenvalue weighted by atomic mass is 10.0. The molecule has 29 heavy (non-hydrogen) atoms. The summed E-state index contributed by atoms with van der Waals surface area (Å²) in [6.45, 7) is 7.09. The van der Waals surface area contributed by atoms with Crippen molar-refractivity contribution in [3.63, 3.8) is 0 Å². The molecule has 1 amide bonds. The molecule has 1 fully saturated rings. The Kier molecular flexibility index (Phi) is 6.68. The van der Waals surface area contributed by atoms with Gasteiger partial charge in [-0.25, -0.2) is 0 Å². The van der Waals surface area contributed by atoms with E-state index in [0.29, 0.717) is 17.4 Å². The molecule has 0 aliphatic carbocycles. The molecule has 2 aromatic rings. The number of hydrogen-bond donors (Lipinski definition) is 0. The highest BCUT2D eigenvalue weighted by Gasteiger charge is 2.31. The van der Waals surface area contributed by atoms with Gasteiger partial charge >= 0.3 is 0 Å². The first-order chi connectivity index (χ1) is 13.9. The predicted molar refractivity (Wildman–Crippen MR) is 114 cm³/mol. The van der Waals surface area contributed by atoms with Gasteiger partial charge in [0.25, 0.3) is 5.91 Å². The molecule has 0 spiro atoms. The highest BCUT2D eigenvalue weighted by atomic mass is 16.5. The first kappa shape index (κ1) is 21.0.